The summed E-state index contributed by atoms with van der Waals surface area (Å²) < 4.78 is 16.2. The average Bonchev–Trinajstić information content (AvgIpc) is 2.49. The zero-order valence-electron chi connectivity index (χ0n) is 12.4. The van der Waals surface area contributed by atoms with Crippen LogP contribution in [-0.4, -0.2) is 21.3 Å². The van der Waals surface area contributed by atoms with Gasteiger partial charge in [-0.25, -0.2) is 0 Å². The summed E-state index contributed by atoms with van der Waals surface area (Å²) in [5.41, 5.74) is 3.34. The van der Waals surface area contributed by atoms with Gasteiger partial charge in [-0.05, 0) is 36.2 Å². The monoisotopic (exact) mass is 272 g/mol. The van der Waals surface area contributed by atoms with Gasteiger partial charge in [0.25, 0.3) is 0 Å². The van der Waals surface area contributed by atoms with Gasteiger partial charge in [0.15, 0.2) is 0 Å². The maximum Gasteiger partial charge on any atom is 0.126 e. The van der Waals surface area contributed by atoms with Gasteiger partial charge in [0.2, 0.25) is 0 Å². The summed E-state index contributed by atoms with van der Waals surface area (Å²) in [4.78, 5) is 0. The van der Waals surface area contributed by atoms with Crippen molar-refractivity contribution in [2.24, 2.45) is 0 Å². The number of ether oxygens (including phenoxy) is 3. The zero-order chi connectivity index (χ0) is 14.5. The van der Waals surface area contributed by atoms with Crippen molar-refractivity contribution in [3.63, 3.8) is 0 Å². The second kappa shape index (κ2) is 6.33. The Morgan fingerprint density at radius 1 is 0.800 bits per heavy atom. The van der Waals surface area contributed by atoms with Crippen LogP contribution in [0.2, 0.25) is 0 Å². The molecule has 2 aromatic rings. The molecule has 0 heterocycles. The van der Waals surface area contributed by atoms with Crippen molar-refractivity contribution in [3.05, 3.63) is 53.1 Å². The van der Waals surface area contributed by atoms with Gasteiger partial charge in [-0.1, -0.05) is 18.2 Å². The quantitative estimate of drug-likeness (QED) is 0.832. The number of rotatable bonds is 5. The highest BCUT2D eigenvalue weighted by Gasteiger charge is 2.11. The van der Waals surface area contributed by atoms with Gasteiger partial charge in [-0.2, -0.15) is 0 Å². The molecule has 0 N–H and O–H groups in total. The van der Waals surface area contributed by atoms with Gasteiger partial charge in [0, 0.05) is 12.0 Å². The fourth-order valence-corrected chi connectivity index (χ4v) is 2.28. The van der Waals surface area contributed by atoms with Crippen LogP contribution in [0, 0.1) is 6.92 Å². The third-order valence-corrected chi connectivity index (χ3v) is 3.38. The molecule has 20 heavy (non-hydrogen) atoms. The Kier molecular flexibility index (Phi) is 4.51. The average molecular weight is 272 g/mol. The van der Waals surface area contributed by atoms with E-state index in [-0.39, 0.29) is 0 Å². The molecule has 2 rings (SSSR count). The molecule has 0 aliphatic carbocycles. The number of benzene rings is 2. The zero-order valence-corrected chi connectivity index (χ0v) is 12.4. The first-order valence-corrected chi connectivity index (χ1v) is 6.53. The van der Waals surface area contributed by atoms with Crippen LogP contribution in [-0.2, 0) is 6.42 Å². The van der Waals surface area contributed by atoms with Crippen LogP contribution in [0.3, 0.4) is 0 Å². The molecule has 3 nitrogen and oxygen atoms in total. The Labute approximate surface area is 120 Å². The Balaban J connectivity index is 2.39. The van der Waals surface area contributed by atoms with Crippen LogP contribution in [0.4, 0.5) is 0 Å². The van der Waals surface area contributed by atoms with Crippen LogP contribution in [0.25, 0.3) is 0 Å². The van der Waals surface area contributed by atoms with E-state index < -0.39 is 0 Å². The minimum Gasteiger partial charge on any atom is -0.496 e. The fraction of sp³-hybridized carbons (Fsp3) is 0.294. The minimum atomic E-state index is 0.740. The third kappa shape index (κ3) is 2.87. The van der Waals surface area contributed by atoms with E-state index in [1.807, 2.05) is 25.1 Å². The molecule has 0 aliphatic heterocycles. The van der Waals surface area contributed by atoms with E-state index in [1.54, 1.807) is 21.3 Å². The summed E-state index contributed by atoms with van der Waals surface area (Å²) in [5, 5.41) is 0. The first kappa shape index (κ1) is 14.3. The predicted octanol–water partition coefficient (Wildman–Crippen LogP) is 3.61. The lowest BCUT2D eigenvalue weighted by molar-refractivity contribution is 0.386. The summed E-state index contributed by atoms with van der Waals surface area (Å²) >= 11 is 0. The summed E-state index contributed by atoms with van der Waals surface area (Å²) in [6.07, 6.45) is 0.740. The summed E-state index contributed by atoms with van der Waals surface area (Å²) in [5.74, 6) is 2.57. The molecular formula is C17H20O3. The Morgan fingerprint density at radius 3 is 1.95 bits per heavy atom. The SMILES string of the molecule is COc1cc(Cc2c(OC)cccc2OC)ccc1C. The Hall–Kier alpha value is -2.16. The Morgan fingerprint density at radius 2 is 1.40 bits per heavy atom. The first-order valence-electron chi connectivity index (χ1n) is 6.53. The van der Waals surface area contributed by atoms with Crippen LogP contribution in [0.15, 0.2) is 36.4 Å². The number of hydrogen-bond donors (Lipinski definition) is 0. The molecule has 0 fully saturated rings. The molecule has 0 atom stereocenters. The van der Waals surface area contributed by atoms with Crippen molar-refractivity contribution < 1.29 is 14.2 Å². The highest BCUT2D eigenvalue weighted by atomic mass is 16.5. The summed E-state index contributed by atoms with van der Waals surface area (Å²) in [6.45, 7) is 2.03. The fourth-order valence-electron chi connectivity index (χ4n) is 2.28. The van der Waals surface area contributed by atoms with Gasteiger partial charge >= 0.3 is 0 Å². The lowest BCUT2D eigenvalue weighted by atomic mass is 10.0. The molecule has 0 aromatic heterocycles. The van der Waals surface area contributed by atoms with Crippen molar-refractivity contribution in [3.8, 4) is 17.2 Å². The van der Waals surface area contributed by atoms with Crippen LogP contribution >= 0.6 is 0 Å². The van der Waals surface area contributed by atoms with Crippen molar-refractivity contribution in [2.75, 3.05) is 21.3 Å². The number of hydrogen-bond acceptors (Lipinski definition) is 3. The van der Waals surface area contributed by atoms with E-state index in [0.29, 0.717) is 0 Å². The molecule has 0 aliphatic rings. The van der Waals surface area contributed by atoms with E-state index in [2.05, 4.69) is 18.2 Å². The van der Waals surface area contributed by atoms with Crippen LogP contribution in [0.1, 0.15) is 16.7 Å². The van der Waals surface area contributed by atoms with E-state index in [0.717, 1.165) is 40.4 Å². The lowest BCUT2D eigenvalue weighted by Gasteiger charge is -2.14. The molecule has 0 radical (unpaired) electrons. The molecule has 0 saturated heterocycles. The van der Waals surface area contributed by atoms with E-state index >= 15 is 0 Å². The Bertz CT molecular complexity index is 569. The molecular weight excluding hydrogens is 252 g/mol. The van der Waals surface area contributed by atoms with E-state index in [1.165, 1.54) is 0 Å². The van der Waals surface area contributed by atoms with Crippen LogP contribution < -0.4 is 14.2 Å². The second-order valence-electron chi connectivity index (χ2n) is 4.62. The molecule has 0 unspecified atom stereocenters. The van der Waals surface area contributed by atoms with Gasteiger partial charge in [0.05, 0.1) is 21.3 Å². The molecule has 3 heteroatoms. The molecule has 0 spiro atoms. The van der Waals surface area contributed by atoms with Crippen molar-refractivity contribution >= 4 is 0 Å². The van der Waals surface area contributed by atoms with Gasteiger partial charge in [-0.15, -0.1) is 0 Å². The topological polar surface area (TPSA) is 27.7 Å². The highest BCUT2D eigenvalue weighted by molar-refractivity contribution is 5.48. The largest absolute Gasteiger partial charge is 0.496 e. The molecule has 106 valence electrons. The normalized spacial score (nSPS) is 10.2. The molecule has 0 bridgehead atoms. The molecule has 2 aromatic carbocycles. The maximum absolute atomic E-state index is 5.43. The summed E-state index contributed by atoms with van der Waals surface area (Å²) in [7, 11) is 5.04. The van der Waals surface area contributed by atoms with Gasteiger partial charge in [-0.3, -0.25) is 0 Å². The van der Waals surface area contributed by atoms with Crippen molar-refractivity contribution in [2.45, 2.75) is 13.3 Å². The summed E-state index contributed by atoms with van der Waals surface area (Å²) in [6, 6.07) is 12.0. The first-order chi connectivity index (χ1) is 9.69. The van der Waals surface area contributed by atoms with E-state index in [9.17, 15) is 0 Å². The van der Waals surface area contributed by atoms with Crippen LogP contribution in [0.5, 0.6) is 17.2 Å². The molecule has 0 saturated carbocycles. The standard InChI is InChI=1S/C17H20O3/c1-12-8-9-13(11-17(12)20-4)10-14-15(18-2)6-5-7-16(14)19-3/h5-9,11H,10H2,1-4H3. The predicted molar refractivity (Wildman–Crippen MR) is 80.1 cm³/mol. The van der Waals surface area contributed by atoms with Crippen molar-refractivity contribution in [1.82, 2.24) is 0 Å². The number of methoxy groups -OCH3 is 3. The van der Waals surface area contributed by atoms with Crippen molar-refractivity contribution in [1.29, 1.82) is 0 Å². The molecule has 0 amide bonds. The van der Waals surface area contributed by atoms with Gasteiger partial charge in [0.1, 0.15) is 17.2 Å². The lowest BCUT2D eigenvalue weighted by Crippen LogP contribution is -1.98. The smallest absolute Gasteiger partial charge is 0.126 e. The third-order valence-electron chi connectivity index (χ3n) is 3.38. The maximum atomic E-state index is 5.43. The van der Waals surface area contributed by atoms with E-state index in [4.69, 9.17) is 14.2 Å². The number of aryl methyl sites for hydroxylation is 1. The van der Waals surface area contributed by atoms with Gasteiger partial charge < -0.3 is 14.2 Å². The highest BCUT2D eigenvalue weighted by Crippen LogP contribution is 2.31. The second-order valence-corrected chi connectivity index (χ2v) is 4.62. The minimum absolute atomic E-state index is 0.740.